The van der Waals surface area contributed by atoms with Crippen molar-refractivity contribution in [1.82, 2.24) is 3.97 Å². The van der Waals surface area contributed by atoms with Crippen LogP contribution in [0.5, 0.6) is 0 Å². The zero-order valence-electron chi connectivity index (χ0n) is 9.70. The molecule has 0 radical (unpaired) electrons. The first-order chi connectivity index (χ1) is 8.50. The lowest BCUT2D eigenvalue weighted by Gasteiger charge is -2.04. The Morgan fingerprint density at radius 1 is 1.17 bits per heavy atom. The Hall–Kier alpha value is -2.08. The van der Waals surface area contributed by atoms with Crippen molar-refractivity contribution < 1.29 is 13.2 Å². The monoisotopic (exact) mass is 264 g/mol. The summed E-state index contributed by atoms with van der Waals surface area (Å²) in [6.07, 6.45) is 2.76. The fraction of sp³-hybridized carbons (Fsp3) is 0.0833. The van der Waals surface area contributed by atoms with E-state index in [1.165, 1.54) is 37.5 Å². The van der Waals surface area contributed by atoms with Gasteiger partial charge in [-0.05, 0) is 18.2 Å². The molecule has 1 amide bonds. The van der Waals surface area contributed by atoms with Crippen LogP contribution < -0.4 is 5.32 Å². The molecule has 0 saturated carbocycles. The molecule has 1 N–H and O–H groups in total. The number of aromatic nitrogens is 1. The van der Waals surface area contributed by atoms with Crippen LogP contribution in [0.1, 0.15) is 6.92 Å². The molecular formula is C12H12N2O3S. The highest BCUT2D eigenvalue weighted by Gasteiger charge is 2.16. The van der Waals surface area contributed by atoms with E-state index in [0.717, 1.165) is 3.97 Å². The van der Waals surface area contributed by atoms with E-state index in [4.69, 9.17) is 0 Å². The third kappa shape index (κ3) is 2.43. The number of benzene rings is 1. The quantitative estimate of drug-likeness (QED) is 0.917. The molecule has 5 nitrogen and oxygen atoms in total. The van der Waals surface area contributed by atoms with Crippen molar-refractivity contribution in [3.8, 4) is 0 Å². The second-order valence-corrected chi connectivity index (χ2v) is 5.57. The highest BCUT2D eigenvalue weighted by Crippen LogP contribution is 2.16. The Balaban J connectivity index is 2.37. The van der Waals surface area contributed by atoms with Gasteiger partial charge in [-0.25, -0.2) is 12.4 Å². The van der Waals surface area contributed by atoms with Crippen LogP contribution in [0.2, 0.25) is 0 Å². The Labute approximate surface area is 105 Å². The lowest BCUT2D eigenvalue weighted by atomic mass is 10.4. The molecule has 0 unspecified atom stereocenters. The number of rotatable bonds is 3. The van der Waals surface area contributed by atoms with E-state index in [2.05, 4.69) is 5.32 Å². The fourth-order valence-electron chi connectivity index (χ4n) is 1.52. The van der Waals surface area contributed by atoms with Crippen molar-refractivity contribution in [2.45, 2.75) is 11.8 Å². The number of carbonyl (C=O) groups is 1. The molecule has 2 aromatic rings. The number of hydrogen-bond donors (Lipinski definition) is 1. The molecule has 18 heavy (non-hydrogen) atoms. The van der Waals surface area contributed by atoms with Gasteiger partial charge in [0.05, 0.1) is 10.6 Å². The van der Waals surface area contributed by atoms with E-state index in [1.54, 1.807) is 18.2 Å². The average Bonchev–Trinajstić information content (AvgIpc) is 2.78. The fourth-order valence-corrected chi connectivity index (χ4v) is 2.74. The topological polar surface area (TPSA) is 68.2 Å². The van der Waals surface area contributed by atoms with Crippen molar-refractivity contribution in [3.05, 3.63) is 48.8 Å². The van der Waals surface area contributed by atoms with Gasteiger partial charge in [-0.3, -0.25) is 4.79 Å². The van der Waals surface area contributed by atoms with Crippen LogP contribution in [-0.4, -0.2) is 18.3 Å². The molecule has 2 rings (SSSR count). The Kier molecular flexibility index (Phi) is 3.20. The van der Waals surface area contributed by atoms with Crippen molar-refractivity contribution in [2.24, 2.45) is 0 Å². The predicted molar refractivity (Wildman–Crippen MR) is 67.8 cm³/mol. The van der Waals surface area contributed by atoms with E-state index in [9.17, 15) is 13.2 Å². The first kappa shape index (κ1) is 12.4. The molecule has 0 fully saturated rings. The second kappa shape index (κ2) is 4.66. The molecule has 1 aromatic carbocycles. The van der Waals surface area contributed by atoms with Gasteiger partial charge >= 0.3 is 0 Å². The molecule has 0 saturated heterocycles. The minimum absolute atomic E-state index is 0.204. The third-order valence-corrected chi connectivity index (χ3v) is 3.96. The largest absolute Gasteiger partial charge is 0.325 e. The summed E-state index contributed by atoms with van der Waals surface area (Å²) in [7, 11) is -3.59. The summed E-state index contributed by atoms with van der Waals surface area (Å²) in [6.45, 7) is 1.36. The van der Waals surface area contributed by atoms with E-state index < -0.39 is 10.0 Å². The summed E-state index contributed by atoms with van der Waals surface area (Å²) < 4.78 is 25.4. The number of anilines is 1. The molecule has 0 aliphatic carbocycles. The molecule has 0 aliphatic rings. The van der Waals surface area contributed by atoms with Gasteiger partial charge in [0.15, 0.2) is 0 Å². The van der Waals surface area contributed by atoms with Crippen LogP contribution in [-0.2, 0) is 14.8 Å². The highest BCUT2D eigenvalue weighted by molar-refractivity contribution is 7.90. The predicted octanol–water partition coefficient (Wildman–Crippen LogP) is 1.68. The maximum atomic E-state index is 12.2. The number of nitrogens with zero attached hydrogens (tertiary/aromatic N) is 1. The lowest BCUT2D eigenvalue weighted by molar-refractivity contribution is -0.114. The summed E-state index contributed by atoms with van der Waals surface area (Å²) in [5, 5.41) is 2.52. The molecule has 0 bridgehead atoms. The van der Waals surface area contributed by atoms with E-state index >= 15 is 0 Å². The average molecular weight is 264 g/mol. The highest BCUT2D eigenvalue weighted by atomic mass is 32.2. The summed E-state index contributed by atoms with van der Waals surface area (Å²) in [5.74, 6) is -0.246. The summed E-state index contributed by atoms with van der Waals surface area (Å²) in [6, 6.07) is 9.64. The van der Waals surface area contributed by atoms with Crippen LogP contribution >= 0.6 is 0 Å². The van der Waals surface area contributed by atoms with Crippen LogP contribution in [0, 0.1) is 0 Å². The number of amides is 1. The number of hydrogen-bond acceptors (Lipinski definition) is 3. The molecule has 0 atom stereocenters. The van der Waals surface area contributed by atoms with Crippen LogP contribution in [0.4, 0.5) is 5.69 Å². The Morgan fingerprint density at radius 3 is 2.44 bits per heavy atom. The minimum atomic E-state index is -3.59. The maximum Gasteiger partial charge on any atom is 0.267 e. The van der Waals surface area contributed by atoms with Gasteiger partial charge in [0.25, 0.3) is 10.0 Å². The summed E-state index contributed by atoms with van der Waals surface area (Å²) >= 11 is 0. The zero-order chi connectivity index (χ0) is 13.2. The minimum Gasteiger partial charge on any atom is -0.325 e. The van der Waals surface area contributed by atoms with Gasteiger partial charge in [-0.2, -0.15) is 0 Å². The van der Waals surface area contributed by atoms with E-state index in [1.807, 2.05) is 0 Å². The van der Waals surface area contributed by atoms with Gasteiger partial charge in [0.2, 0.25) is 5.91 Å². The molecule has 0 aliphatic heterocycles. The van der Waals surface area contributed by atoms with Gasteiger partial charge in [-0.1, -0.05) is 18.2 Å². The first-order valence-electron chi connectivity index (χ1n) is 5.26. The smallest absolute Gasteiger partial charge is 0.267 e. The van der Waals surface area contributed by atoms with Gasteiger partial charge in [0, 0.05) is 19.3 Å². The van der Waals surface area contributed by atoms with Crippen LogP contribution in [0.3, 0.4) is 0 Å². The van der Waals surface area contributed by atoms with Crippen molar-refractivity contribution in [3.63, 3.8) is 0 Å². The third-order valence-electron chi connectivity index (χ3n) is 2.31. The molecule has 0 spiro atoms. The van der Waals surface area contributed by atoms with Crippen molar-refractivity contribution in [2.75, 3.05) is 5.32 Å². The van der Waals surface area contributed by atoms with Gasteiger partial charge in [-0.15, -0.1) is 0 Å². The number of nitrogens with one attached hydrogen (secondary N) is 1. The SMILES string of the molecule is CC(=O)Nc1ccn(S(=O)(=O)c2ccccc2)c1. The van der Waals surface area contributed by atoms with E-state index in [-0.39, 0.29) is 10.8 Å². The van der Waals surface area contributed by atoms with Gasteiger partial charge in [0.1, 0.15) is 0 Å². The molecule has 6 heteroatoms. The zero-order valence-corrected chi connectivity index (χ0v) is 10.5. The molecule has 1 aromatic heterocycles. The van der Waals surface area contributed by atoms with Gasteiger partial charge < -0.3 is 5.32 Å². The second-order valence-electron chi connectivity index (χ2n) is 3.73. The molecular weight excluding hydrogens is 252 g/mol. The summed E-state index contributed by atoms with van der Waals surface area (Å²) in [4.78, 5) is 11.1. The molecule has 94 valence electrons. The first-order valence-corrected chi connectivity index (χ1v) is 6.70. The Morgan fingerprint density at radius 2 is 1.83 bits per heavy atom. The van der Waals surface area contributed by atoms with E-state index in [0.29, 0.717) is 5.69 Å². The van der Waals surface area contributed by atoms with Crippen LogP contribution in [0.25, 0.3) is 0 Å². The standard InChI is InChI=1S/C12H12N2O3S/c1-10(15)13-11-7-8-14(9-11)18(16,17)12-5-3-2-4-6-12/h2-9H,1H3,(H,13,15). The number of carbonyl (C=O) groups excluding carboxylic acids is 1. The molecule has 1 heterocycles. The maximum absolute atomic E-state index is 12.2. The van der Waals surface area contributed by atoms with Crippen LogP contribution in [0.15, 0.2) is 53.7 Å². The summed E-state index contributed by atoms with van der Waals surface area (Å²) in [5.41, 5.74) is 0.446. The van der Waals surface area contributed by atoms with Crippen molar-refractivity contribution in [1.29, 1.82) is 0 Å². The van der Waals surface area contributed by atoms with Crippen molar-refractivity contribution >= 4 is 21.6 Å². The Bertz CT molecular complexity index is 660. The normalized spacial score (nSPS) is 11.2. The lowest BCUT2D eigenvalue weighted by Crippen LogP contribution is -2.11.